The topological polar surface area (TPSA) is 23.1 Å². The van der Waals surface area contributed by atoms with Crippen LogP contribution < -0.4 is 5.11 Å². The van der Waals surface area contributed by atoms with E-state index in [0.29, 0.717) is 0 Å². The van der Waals surface area contributed by atoms with Crippen molar-refractivity contribution >= 4 is 15.2 Å². The first-order valence-electron chi connectivity index (χ1n) is 9.34. The molecule has 0 fully saturated rings. The summed E-state index contributed by atoms with van der Waals surface area (Å²) in [5.74, 6) is 0.216. The van der Waals surface area contributed by atoms with Crippen LogP contribution in [0.1, 0.15) is 92.9 Å². The van der Waals surface area contributed by atoms with Gasteiger partial charge in [-0.05, 0) is 32.9 Å². The zero-order valence-electron chi connectivity index (χ0n) is 18.1. The fraction of sp³-hybridized carbons (Fsp3) is 0.727. The van der Waals surface area contributed by atoms with Gasteiger partial charge >= 0.3 is 39.6 Å². The molecule has 136 valence electrons. The van der Waals surface area contributed by atoms with Crippen molar-refractivity contribution < 1.29 is 5.11 Å². The molecule has 0 unspecified atom stereocenters. The Morgan fingerprint density at radius 1 is 0.708 bits per heavy atom. The predicted molar refractivity (Wildman–Crippen MR) is 109 cm³/mol. The summed E-state index contributed by atoms with van der Waals surface area (Å²) in [6, 6.07) is 4.22. The molecule has 1 aromatic carbocycles. The van der Waals surface area contributed by atoms with Gasteiger partial charge in [0.1, 0.15) is 0 Å². The Kier molecular flexibility index (Phi) is 8.61. The van der Waals surface area contributed by atoms with E-state index in [0.717, 1.165) is 26.3 Å². The fourth-order valence-corrected chi connectivity index (χ4v) is 3.04. The van der Waals surface area contributed by atoms with E-state index in [1.807, 2.05) is 0 Å². The summed E-state index contributed by atoms with van der Waals surface area (Å²) in [4.78, 5) is 0. The zero-order valence-corrected chi connectivity index (χ0v) is 19.2. The molecule has 0 atom stereocenters. The van der Waals surface area contributed by atoms with Gasteiger partial charge in [-0.3, -0.25) is 0 Å². The quantitative estimate of drug-likeness (QED) is 0.583. The standard InChI is InChI=1S/C18H30O.2C2H5.Al/c1-16(2,3)12-10-13(17(4,5)6)15(19)14(11-12)18(7,8)9;2*1-2;/h10-11,19H,1-9H3;2*1H2,2H3;/q;;;+1/p-1. The summed E-state index contributed by atoms with van der Waals surface area (Å²) in [6.45, 7) is 23.8. The molecule has 1 nitrogen and oxygen atoms in total. The Morgan fingerprint density at radius 2 is 1.04 bits per heavy atom. The average molecular weight is 347 g/mol. The summed E-state index contributed by atoms with van der Waals surface area (Å²) in [6.07, 6.45) is 0. The van der Waals surface area contributed by atoms with Crippen LogP contribution >= 0.6 is 0 Å². The van der Waals surface area contributed by atoms with E-state index in [4.69, 9.17) is 0 Å². The van der Waals surface area contributed by atoms with Crippen LogP contribution in [-0.4, -0.2) is 15.2 Å². The molecular formula is C22H39AlO. The van der Waals surface area contributed by atoms with Gasteiger partial charge < -0.3 is 5.11 Å². The Morgan fingerprint density at radius 3 is 1.21 bits per heavy atom. The molecule has 24 heavy (non-hydrogen) atoms. The van der Waals surface area contributed by atoms with E-state index < -0.39 is 0 Å². The molecule has 0 saturated heterocycles. The molecule has 1 aromatic rings. The van der Waals surface area contributed by atoms with Gasteiger partial charge in [-0.25, -0.2) is 0 Å². The normalized spacial score (nSPS) is 12.3. The van der Waals surface area contributed by atoms with E-state index in [1.54, 1.807) is 0 Å². The molecule has 0 N–H and O–H groups in total. The maximum absolute atomic E-state index is 12.7. The van der Waals surface area contributed by atoms with Crippen molar-refractivity contribution in [3.8, 4) is 5.75 Å². The van der Waals surface area contributed by atoms with Crippen LogP contribution in [0.4, 0.5) is 0 Å². The molecule has 0 spiro atoms. The third-order valence-electron chi connectivity index (χ3n) is 4.15. The molecule has 0 aliphatic heterocycles. The SMILES string of the molecule is CC(C)(C)c1cc(C(C)(C)C)c([O-])c(C(C)(C)C)c1.C[CH2][Al+][CH2]C. The van der Waals surface area contributed by atoms with Crippen molar-refractivity contribution in [3.63, 3.8) is 0 Å². The molecule has 0 aliphatic carbocycles. The third-order valence-corrected chi connectivity index (χ3v) is 5.30. The maximum atomic E-state index is 12.7. The van der Waals surface area contributed by atoms with Gasteiger partial charge in [0.25, 0.3) is 0 Å². The molecule has 0 heterocycles. The summed E-state index contributed by atoms with van der Waals surface area (Å²) in [7, 11) is 0. The van der Waals surface area contributed by atoms with Crippen molar-refractivity contribution in [1.82, 2.24) is 0 Å². The van der Waals surface area contributed by atoms with Crippen molar-refractivity contribution in [3.05, 3.63) is 28.8 Å². The van der Waals surface area contributed by atoms with Crippen LogP contribution in [0.3, 0.4) is 0 Å². The van der Waals surface area contributed by atoms with Crippen LogP contribution in [0.2, 0.25) is 10.6 Å². The minimum atomic E-state index is -0.113. The van der Waals surface area contributed by atoms with Crippen LogP contribution in [0.5, 0.6) is 5.75 Å². The first kappa shape index (κ1) is 23.6. The van der Waals surface area contributed by atoms with E-state index in [2.05, 4.69) is 88.3 Å². The summed E-state index contributed by atoms with van der Waals surface area (Å²) < 4.78 is 0. The minimum absolute atomic E-state index is 0.0632. The Balaban J connectivity index is 0.000000922. The van der Waals surface area contributed by atoms with Crippen LogP contribution in [0.25, 0.3) is 0 Å². The van der Waals surface area contributed by atoms with Gasteiger partial charge in [0.05, 0.1) is 0 Å². The van der Waals surface area contributed by atoms with Crippen molar-refractivity contribution in [2.24, 2.45) is 0 Å². The molecule has 0 bridgehead atoms. The molecule has 1 rings (SSSR count). The molecule has 0 amide bonds. The molecule has 2 heteroatoms. The third kappa shape index (κ3) is 7.20. The number of rotatable bonds is 2. The fourth-order valence-electron chi connectivity index (χ4n) is 2.46. The summed E-state index contributed by atoms with van der Waals surface area (Å²) >= 11 is 0.815. The number of hydrogen-bond donors (Lipinski definition) is 0. The van der Waals surface area contributed by atoms with Crippen LogP contribution in [-0.2, 0) is 16.2 Å². The van der Waals surface area contributed by atoms with Gasteiger partial charge in [-0.1, -0.05) is 74.4 Å². The van der Waals surface area contributed by atoms with E-state index in [-0.39, 0.29) is 22.0 Å². The second-order valence-corrected chi connectivity index (χ2v) is 12.0. The zero-order chi connectivity index (χ0) is 19.3. The molecule has 0 aliphatic rings. The molecule has 0 saturated carbocycles. The Hall–Kier alpha value is -0.448. The van der Waals surface area contributed by atoms with E-state index >= 15 is 0 Å². The first-order valence-corrected chi connectivity index (χ1v) is 11.0. The van der Waals surface area contributed by atoms with Gasteiger partial charge in [-0.15, -0.1) is 5.75 Å². The second-order valence-electron chi connectivity index (χ2n) is 9.76. The molecule has 0 aromatic heterocycles. The van der Waals surface area contributed by atoms with Gasteiger partial charge in [0.2, 0.25) is 0 Å². The summed E-state index contributed by atoms with van der Waals surface area (Å²) in [5.41, 5.74) is 2.96. The molecular weight excluding hydrogens is 307 g/mol. The predicted octanol–water partition coefficient (Wildman–Crippen LogP) is 6.22. The van der Waals surface area contributed by atoms with Gasteiger partial charge in [0.15, 0.2) is 0 Å². The van der Waals surface area contributed by atoms with Crippen molar-refractivity contribution in [1.29, 1.82) is 0 Å². The number of hydrogen-bond acceptors (Lipinski definition) is 1. The Labute approximate surface area is 158 Å². The van der Waals surface area contributed by atoms with Gasteiger partial charge in [-0.2, -0.15) is 0 Å². The van der Waals surface area contributed by atoms with E-state index in [1.165, 1.54) is 16.1 Å². The van der Waals surface area contributed by atoms with E-state index in [9.17, 15) is 5.11 Å². The Bertz CT molecular complexity index is 473. The average Bonchev–Trinajstić information content (AvgIpc) is 2.36. The monoisotopic (exact) mass is 346 g/mol. The second kappa shape index (κ2) is 8.77. The van der Waals surface area contributed by atoms with Crippen molar-refractivity contribution in [2.75, 3.05) is 0 Å². The summed E-state index contributed by atoms with van der Waals surface area (Å²) in [5, 5.41) is 15.6. The molecule has 0 radical (unpaired) electrons. The van der Waals surface area contributed by atoms with Gasteiger partial charge in [0, 0.05) is 0 Å². The van der Waals surface area contributed by atoms with Crippen LogP contribution in [0, 0.1) is 0 Å². The first-order chi connectivity index (χ1) is 10.7. The number of benzene rings is 1. The van der Waals surface area contributed by atoms with Crippen LogP contribution in [0.15, 0.2) is 12.1 Å². The van der Waals surface area contributed by atoms with Crippen molar-refractivity contribution in [2.45, 2.75) is 103 Å².